The molecule has 0 spiro atoms. The van der Waals surface area contributed by atoms with E-state index in [2.05, 4.69) is 5.32 Å². The maximum absolute atomic E-state index is 11.8. The van der Waals surface area contributed by atoms with Gasteiger partial charge in [0.25, 0.3) is 0 Å². The zero-order chi connectivity index (χ0) is 8.48. The maximum Gasteiger partial charge on any atom is 0.417 e. The molecule has 0 amide bonds. The number of halogens is 3. The molecule has 0 saturated heterocycles. The van der Waals surface area contributed by atoms with E-state index in [-0.39, 0.29) is 0 Å². The van der Waals surface area contributed by atoms with Gasteiger partial charge in [-0.05, 0) is 12.2 Å². The summed E-state index contributed by atoms with van der Waals surface area (Å²) in [6.45, 7) is 0. The van der Waals surface area contributed by atoms with Crippen molar-refractivity contribution in [2.45, 2.75) is 12.4 Å². The Morgan fingerprint density at radius 1 is 1.45 bits per heavy atom. The summed E-state index contributed by atoms with van der Waals surface area (Å²) >= 11 is 0. The van der Waals surface area contributed by atoms with Crippen molar-refractivity contribution in [2.75, 3.05) is 0 Å². The number of allylic oxidation sites excluding steroid dienone is 2. The first-order valence-electron chi connectivity index (χ1n) is 2.90. The smallest absolute Gasteiger partial charge is 0.370 e. The molecule has 0 fully saturated rings. The zero-order valence-electron chi connectivity index (χ0n) is 5.39. The van der Waals surface area contributed by atoms with E-state index >= 15 is 0 Å². The molecule has 0 aliphatic carbocycles. The topological polar surface area (TPSA) is 32.3 Å². The molecule has 0 bridgehead atoms. The summed E-state index contributed by atoms with van der Waals surface area (Å²) in [5, 5.41) is 10.8. The number of rotatable bonds is 0. The molecule has 1 aliphatic rings. The molecule has 0 aromatic carbocycles. The zero-order valence-corrected chi connectivity index (χ0v) is 5.39. The Bertz CT molecular complexity index is 206. The largest absolute Gasteiger partial charge is 0.417 e. The Balaban J connectivity index is 2.71. The Hall–Kier alpha value is -0.970. The van der Waals surface area contributed by atoms with Gasteiger partial charge in [-0.25, -0.2) is 0 Å². The summed E-state index contributed by atoms with van der Waals surface area (Å²) in [7, 11) is 0. The fourth-order valence-electron chi connectivity index (χ4n) is 0.650. The Labute approximate surface area is 61.0 Å². The van der Waals surface area contributed by atoms with Crippen molar-refractivity contribution in [3.63, 3.8) is 0 Å². The van der Waals surface area contributed by atoms with Gasteiger partial charge in [-0.15, -0.1) is 0 Å². The highest BCUT2D eigenvalue weighted by Crippen LogP contribution is 2.26. The van der Waals surface area contributed by atoms with Crippen LogP contribution in [0.4, 0.5) is 13.2 Å². The van der Waals surface area contributed by atoms with E-state index in [1.54, 1.807) is 0 Å². The molecule has 0 radical (unpaired) electrons. The average Bonchev–Trinajstić information content (AvgIpc) is 1.86. The molecule has 1 unspecified atom stereocenters. The first-order chi connectivity index (χ1) is 5.00. The fraction of sp³-hybridized carbons (Fsp3) is 0.333. The van der Waals surface area contributed by atoms with Crippen molar-refractivity contribution in [1.82, 2.24) is 5.32 Å². The molecular weight excluding hydrogens is 159 g/mol. The van der Waals surface area contributed by atoms with E-state index in [1.165, 1.54) is 0 Å². The second-order valence-electron chi connectivity index (χ2n) is 2.07. The molecule has 11 heavy (non-hydrogen) atoms. The molecule has 0 saturated carbocycles. The van der Waals surface area contributed by atoms with Gasteiger partial charge in [-0.3, -0.25) is 0 Å². The van der Waals surface area contributed by atoms with Gasteiger partial charge < -0.3 is 10.4 Å². The predicted molar refractivity (Wildman–Crippen MR) is 32.4 cm³/mol. The van der Waals surface area contributed by atoms with Gasteiger partial charge in [0.15, 0.2) is 0 Å². The van der Waals surface area contributed by atoms with Gasteiger partial charge in [0.2, 0.25) is 0 Å². The SMILES string of the molecule is OC1C=CC(C(F)(F)F)=CN1. The van der Waals surface area contributed by atoms with Crippen LogP contribution in [0.1, 0.15) is 0 Å². The summed E-state index contributed by atoms with van der Waals surface area (Å²) in [5.41, 5.74) is -0.789. The van der Waals surface area contributed by atoms with Gasteiger partial charge in [-0.2, -0.15) is 13.2 Å². The highest BCUT2D eigenvalue weighted by molar-refractivity contribution is 5.26. The number of hydrogen-bond donors (Lipinski definition) is 2. The van der Waals surface area contributed by atoms with Crippen LogP contribution in [0.2, 0.25) is 0 Å². The number of alkyl halides is 3. The molecule has 1 aliphatic heterocycles. The standard InChI is InChI=1S/C6H6F3NO/c7-6(8,9)4-1-2-5(11)10-3-4/h1-3,5,10-11H. The van der Waals surface area contributed by atoms with Crippen molar-refractivity contribution in [3.05, 3.63) is 23.9 Å². The van der Waals surface area contributed by atoms with Gasteiger partial charge in [0.05, 0.1) is 5.57 Å². The number of dihydropyridines is 1. The van der Waals surface area contributed by atoms with Crippen molar-refractivity contribution in [3.8, 4) is 0 Å². The van der Waals surface area contributed by atoms with Crippen molar-refractivity contribution in [1.29, 1.82) is 0 Å². The average molecular weight is 165 g/mol. The second-order valence-corrected chi connectivity index (χ2v) is 2.07. The molecule has 5 heteroatoms. The number of nitrogens with one attached hydrogen (secondary N) is 1. The van der Waals surface area contributed by atoms with Crippen LogP contribution in [0.5, 0.6) is 0 Å². The van der Waals surface area contributed by atoms with Gasteiger partial charge in [-0.1, -0.05) is 0 Å². The highest BCUT2D eigenvalue weighted by atomic mass is 19.4. The summed E-state index contributed by atoms with van der Waals surface area (Å²) in [4.78, 5) is 0. The maximum atomic E-state index is 11.8. The quantitative estimate of drug-likeness (QED) is 0.559. The molecule has 0 aromatic heterocycles. The molecule has 1 rings (SSSR count). The molecule has 1 heterocycles. The van der Waals surface area contributed by atoms with Crippen molar-refractivity contribution in [2.24, 2.45) is 0 Å². The summed E-state index contributed by atoms with van der Waals surface area (Å²) < 4.78 is 35.5. The van der Waals surface area contributed by atoms with Gasteiger partial charge in [0, 0.05) is 6.20 Å². The van der Waals surface area contributed by atoms with E-state index in [9.17, 15) is 13.2 Å². The Morgan fingerprint density at radius 2 is 2.09 bits per heavy atom. The third kappa shape index (κ3) is 1.98. The van der Waals surface area contributed by atoms with E-state index < -0.39 is 18.0 Å². The first-order valence-corrected chi connectivity index (χ1v) is 2.90. The number of hydrogen-bond acceptors (Lipinski definition) is 2. The minimum Gasteiger partial charge on any atom is -0.370 e. The van der Waals surface area contributed by atoms with Gasteiger partial charge >= 0.3 is 6.18 Å². The monoisotopic (exact) mass is 165 g/mol. The lowest BCUT2D eigenvalue weighted by Gasteiger charge is -2.15. The van der Waals surface area contributed by atoms with E-state index in [4.69, 9.17) is 5.11 Å². The first kappa shape index (κ1) is 8.13. The van der Waals surface area contributed by atoms with Gasteiger partial charge in [0.1, 0.15) is 6.23 Å². The third-order valence-corrected chi connectivity index (χ3v) is 1.19. The second kappa shape index (κ2) is 2.58. The molecule has 2 nitrogen and oxygen atoms in total. The molecule has 0 aromatic rings. The van der Waals surface area contributed by atoms with Crippen LogP contribution in [0, 0.1) is 0 Å². The van der Waals surface area contributed by atoms with E-state index in [0.717, 1.165) is 18.4 Å². The van der Waals surface area contributed by atoms with E-state index in [1.807, 2.05) is 0 Å². The predicted octanol–water partition coefficient (Wildman–Crippen LogP) is 0.910. The normalized spacial score (nSPS) is 24.4. The van der Waals surface area contributed by atoms with E-state index in [0.29, 0.717) is 0 Å². The number of aliphatic hydroxyl groups excluding tert-OH is 1. The molecule has 62 valence electrons. The Kier molecular flexibility index (Phi) is 1.90. The molecular formula is C6H6F3NO. The lowest BCUT2D eigenvalue weighted by molar-refractivity contribution is -0.0891. The van der Waals surface area contributed by atoms with Crippen LogP contribution in [0.3, 0.4) is 0 Å². The number of aliphatic hydroxyl groups is 1. The summed E-state index contributed by atoms with van der Waals surface area (Å²) in [5.74, 6) is 0. The van der Waals surface area contributed by atoms with Crippen molar-refractivity contribution < 1.29 is 18.3 Å². The van der Waals surface area contributed by atoms with Crippen LogP contribution < -0.4 is 5.32 Å². The summed E-state index contributed by atoms with van der Waals surface area (Å²) in [6, 6.07) is 0. The summed E-state index contributed by atoms with van der Waals surface area (Å²) in [6.07, 6.45) is -2.75. The minimum atomic E-state index is -4.34. The van der Waals surface area contributed by atoms with Crippen LogP contribution >= 0.6 is 0 Å². The van der Waals surface area contributed by atoms with Crippen LogP contribution in [-0.4, -0.2) is 17.5 Å². The Morgan fingerprint density at radius 3 is 2.45 bits per heavy atom. The van der Waals surface area contributed by atoms with Crippen LogP contribution in [-0.2, 0) is 0 Å². The highest BCUT2D eigenvalue weighted by Gasteiger charge is 2.32. The minimum absolute atomic E-state index is 0.741. The molecule has 2 N–H and O–H groups in total. The fourth-order valence-corrected chi connectivity index (χ4v) is 0.650. The third-order valence-electron chi connectivity index (χ3n) is 1.19. The van der Waals surface area contributed by atoms with Crippen LogP contribution in [0.15, 0.2) is 23.9 Å². The lowest BCUT2D eigenvalue weighted by atomic mass is 10.2. The van der Waals surface area contributed by atoms with Crippen LogP contribution in [0.25, 0.3) is 0 Å². The molecule has 1 atom stereocenters. The lowest BCUT2D eigenvalue weighted by Crippen LogP contribution is -2.27. The van der Waals surface area contributed by atoms with Crippen molar-refractivity contribution >= 4 is 0 Å².